The van der Waals surface area contributed by atoms with Gasteiger partial charge in [-0.2, -0.15) is 0 Å². The molecule has 0 amide bonds. The maximum absolute atomic E-state index is 10.5. The lowest BCUT2D eigenvalue weighted by Crippen LogP contribution is -2.22. The van der Waals surface area contributed by atoms with Gasteiger partial charge in [0, 0.05) is 6.54 Å². The van der Waals surface area contributed by atoms with Crippen LogP contribution in [0.5, 0.6) is 0 Å². The van der Waals surface area contributed by atoms with Crippen LogP contribution in [0.4, 0.5) is 0 Å². The summed E-state index contributed by atoms with van der Waals surface area (Å²) in [5.74, 6) is 0. The number of hydrogen-bond donors (Lipinski definition) is 1. The summed E-state index contributed by atoms with van der Waals surface area (Å²) in [5.41, 5.74) is 0. The van der Waals surface area contributed by atoms with Gasteiger partial charge in [-0.3, -0.25) is 0 Å². The molecule has 0 aromatic rings. The van der Waals surface area contributed by atoms with Crippen molar-refractivity contribution in [2.45, 2.75) is 25.7 Å². The van der Waals surface area contributed by atoms with E-state index in [4.69, 9.17) is 0 Å². The molecule has 0 aromatic carbocycles. The molecule has 0 saturated carbocycles. The van der Waals surface area contributed by atoms with Crippen molar-refractivity contribution in [1.29, 1.82) is 0 Å². The zero-order valence-corrected chi connectivity index (χ0v) is 7.78. The third kappa shape index (κ3) is 9.91. The van der Waals surface area contributed by atoms with E-state index in [9.17, 15) is 8.42 Å². The van der Waals surface area contributed by atoms with Crippen LogP contribution >= 0.6 is 0 Å². The highest BCUT2D eigenvalue weighted by atomic mass is 32.2. The fourth-order valence-corrected chi connectivity index (χ4v) is 1.25. The Hall–Kier alpha value is -0.0900. The van der Waals surface area contributed by atoms with Gasteiger partial charge in [-0.05, 0) is 6.42 Å². The predicted molar refractivity (Wildman–Crippen MR) is 46.7 cm³/mol. The first-order valence-corrected chi connectivity index (χ1v) is 5.69. The van der Waals surface area contributed by atoms with Crippen LogP contribution in [0.1, 0.15) is 25.7 Å². The van der Waals surface area contributed by atoms with Crippen molar-refractivity contribution in [2.75, 3.05) is 12.8 Å². The zero-order valence-electron chi connectivity index (χ0n) is 6.97. The second-order valence-electron chi connectivity index (χ2n) is 2.58. The topological polar surface area (TPSA) is 46.2 Å². The summed E-state index contributed by atoms with van der Waals surface area (Å²) in [6.45, 7) is 4.25. The maximum atomic E-state index is 10.5. The summed E-state index contributed by atoms with van der Waals surface area (Å²) in [7, 11) is -2.98. The lowest BCUT2D eigenvalue weighted by molar-refractivity contribution is 0.580. The number of unbranched alkanes of at least 4 members (excludes halogenated alkanes) is 3. The average Bonchev–Trinajstić information content (AvgIpc) is 1.85. The molecular weight excluding hydrogens is 162 g/mol. The van der Waals surface area contributed by atoms with E-state index in [1.165, 1.54) is 6.26 Å². The molecule has 0 heterocycles. The van der Waals surface area contributed by atoms with Gasteiger partial charge in [-0.25, -0.2) is 13.1 Å². The highest BCUT2D eigenvalue weighted by molar-refractivity contribution is 7.88. The maximum Gasteiger partial charge on any atom is 0.208 e. The Kier molecular flexibility index (Phi) is 5.50. The van der Waals surface area contributed by atoms with E-state index in [-0.39, 0.29) is 0 Å². The monoisotopic (exact) mass is 178 g/mol. The molecule has 0 aromatic heterocycles. The summed E-state index contributed by atoms with van der Waals surface area (Å²) in [6, 6.07) is 0. The van der Waals surface area contributed by atoms with Gasteiger partial charge in [0.1, 0.15) is 0 Å². The average molecular weight is 178 g/mol. The van der Waals surface area contributed by atoms with Crippen molar-refractivity contribution in [3.63, 3.8) is 0 Å². The Balaban J connectivity index is 3.16. The molecule has 67 valence electrons. The Morgan fingerprint density at radius 1 is 1.27 bits per heavy atom. The summed E-state index contributed by atoms with van der Waals surface area (Å²) in [4.78, 5) is 0. The smallest absolute Gasteiger partial charge is 0.208 e. The quantitative estimate of drug-likeness (QED) is 0.615. The Labute approximate surface area is 69.2 Å². The fourth-order valence-electron chi connectivity index (χ4n) is 0.736. The van der Waals surface area contributed by atoms with E-state index in [1.54, 1.807) is 0 Å². The summed E-state index contributed by atoms with van der Waals surface area (Å²) < 4.78 is 23.5. The molecule has 0 aliphatic rings. The molecule has 0 aliphatic heterocycles. The SMILES string of the molecule is [CH2]CCCCCNS(C)(=O)=O. The molecule has 4 heteroatoms. The molecule has 11 heavy (non-hydrogen) atoms. The molecule has 3 nitrogen and oxygen atoms in total. The first-order chi connectivity index (χ1) is 5.06. The molecule has 1 N–H and O–H groups in total. The molecule has 1 radical (unpaired) electrons. The van der Waals surface area contributed by atoms with Crippen LogP contribution in [0.2, 0.25) is 0 Å². The van der Waals surface area contributed by atoms with Crippen LogP contribution in [-0.4, -0.2) is 21.2 Å². The first kappa shape index (κ1) is 10.9. The molecular formula is C7H16NO2S. The van der Waals surface area contributed by atoms with Crippen molar-refractivity contribution >= 4 is 10.0 Å². The molecule has 0 saturated heterocycles. The summed E-state index contributed by atoms with van der Waals surface area (Å²) in [6.07, 6.45) is 5.13. The van der Waals surface area contributed by atoms with E-state index in [0.29, 0.717) is 6.54 Å². The van der Waals surface area contributed by atoms with Crippen LogP contribution in [0.3, 0.4) is 0 Å². The number of rotatable bonds is 6. The minimum absolute atomic E-state index is 0.554. The van der Waals surface area contributed by atoms with Crippen molar-refractivity contribution in [3.05, 3.63) is 6.92 Å². The lowest BCUT2D eigenvalue weighted by atomic mass is 10.2. The van der Waals surface area contributed by atoms with Gasteiger partial charge in [-0.15, -0.1) is 0 Å². The first-order valence-electron chi connectivity index (χ1n) is 3.80. The van der Waals surface area contributed by atoms with E-state index in [2.05, 4.69) is 11.6 Å². The molecule has 0 spiro atoms. The third-order valence-electron chi connectivity index (χ3n) is 1.29. The van der Waals surface area contributed by atoms with Gasteiger partial charge in [-0.1, -0.05) is 26.2 Å². The van der Waals surface area contributed by atoms with Gasteiger partial charge < -0.3 is 0 Å². The third-order valence-corrected chi connectivity index (χ3v) is 2.02. The number of nitrogens with one attached hydrogen (secondary N) is 1. The largest absolute Gasteiger partial charge is 0.215 e. The highest BCUT2D eigenvalue weighted by Gasteiger charge is 1.97. The second kappa shape index (κ2) is 5.55. The Bertz CT molecular complexity index is 175. The Morgan fingerprint density at radius 3 is 2.36 bits per heavy atom. The van der Waals surface area contributed by atoms with Gasteiger partial charge in [0.15, 0.2) is 0 Å². The van der Waals surface area contributed by atoms with Crippen molar-refractivity contribution in [3.8, 4) is 0 Å². The van der Waals surface area contributed by atoms with E-state index in [0.717, 1.165) is 25.7 Å². The van der Waals surface area contributed by atoms with Crippen molar-refractivity contribution in [1.82, 2.24) is 4.72 Å². The lowest BCUT2D eigenvalue weighted by Gasteiger charge is -2.00. The molecule has 0 fully saturated rings. The molecule has 0 unspecified atom stereocenters. The second-order valence-corrected chi connectivity index (χ2v) is 4.41. The molecule has 0 bridgehead atoms. The van der Waals surface area contributed by atoms with Gasteiger partial charge in [0.05, 0.1) is 6.26 Å². The highest BCUT2D eigenvalue weighted by Crippen LogP contribution is 1.96. The minimum Gasteiger partial charge on any atom is -0.215 e. The van der Waals surface area contributed by atoms with Crippen LogP contribution < -0.4 is 4.72 Å². The standard InChI is InChI=1S/C7H16NO2S/c1-3-4-5-6-7-8-11(2,9)10/h8H,1,3-7H2,2H3. The predicted octanol–water partition coefficient (Wildman–Crippen LogP) is 0.930. The zero-order chi connectivity index (χ0) is 8.74. The minimum atomic E-state index is -2.98. The Morgan fingerprint density at radius 2 is 1.91 bits per heavy atom. The molecule has 0 rings (SSSR count). The van der Waals surface area contributed by atoms with E-state index >= 15 is 0 Å². The van der Waals surface area contributed by atoms with Crippen LogP contribution in [0.25, 0.3) is 0 Å². The van der Waals surface area contributed by atoms with E-state index in [1.807, 2.05) is 0 Å². The van der Waals surface area contributed by atoms with Gasteiger partial charge >= 0.3 is 0 Å². The normalized spacial score (nSPS) is 11.8. The van der Waals surface area contributed by atoms with Crippen molar-refractivity contribution in [2.24, 2.45) is 0 Å². The molecule has 0 aliphatic carbocycles. The number of hydrogen-bond acceptors (Lipinski definition) is 2. The van der Waals surface area contributed by atoms with Gasteiger partial charge in [0.25, 0.3) is 0 Å². The van der Waals surface area contributed by atoms with E-state index < -0.39 is 10.0 Å². The number of sulfonamides is 1. The van der Waals surface area contributed by atoms with Crippen LogP contribution in [0.15, 0.2) is 0 Å². The van der Waals surface area contributed by atoms with Gasteiger partial charge in [0.2, 0.25) is 10.0 Å². The molecule has 0 atom stereocenters. The van der Waals surface area contributed by atoms with Crippen LogP contribution in [0, 0.1) is 6.92 Å². The summed E-state index contributed by atoms with van der Waals surface area (Å²) in [5, 5.41) is 0. The fraction of sp³-hybridized carbons (Fsp3) is 0.857. The van der Waals surface area contributed by atoms with Crippen LogP contribution in [-0.2, 0) is 10.0 Å². The summed E-state index contributed by atoms with van der Waals surface area (Å²) >= 11 is 0. The van der Waals surface area contributed by atoms with Crippen molar-refractivity contribution < 1.29 is 8.42 Å².